The SMILES string of the molecule is COc1c(C)c(C)cc(C)c1C(=O)CN. The predicted molar refractivity (Wildman–Crippen MR) is 60.6 cm³/mol. The van der Waals surface area contributed by atoms with Crippen LogP contribution in [-0.4, -0.2) is 19.4 Å². The maximum Gasteiger partial charge on any atom is 0.180 e. The second-order valence-electron chi connectivity index (χ2n) is 3.67. The first-order chi connectivity index (χ1) is 7.02. The minimum Gasteiger partial charge on any atom is -0.496 e. The minimum absolute atomic E-state index is 0.0136. The van der Waals surface area contributed by atoms with Crippen LogP contribution in [0.2, 0.25) is 0 Å². The number of aryl methyl sites for hydroxylation is 2. The highest BCUT2D eigenvalue weighted by atomic mass is 16.5. The molecule has 2 N–H and O–H groups in total. The van der Waals surface area contributed by atoms with E-state index in [9.17, 15) is 4.79 Å². The summed E-state index contributed by atoms with van der Waals surface area (Å²) in [6, 6.07) is 1.99. The zero-order valence-corrected chi connectivity index (χ0v) is 9.68. The molecule has 0 fully saturated rings. The molecule has 3 heteroatoms. The van der Waals surface area contributed by atoms with Crippen molar-refractivity contribution in [1.82, 2.24) is 0 Å². The lowest BCUT2D eigenvalue weighted by molar-refractivity contribution is 0.0997. The molecule has 0 aliphatic carbocycles. The quantitative estimate of drug-likeness (QED) is 0.768. The zero-order valence-electron chi connectivity index (χ0n) is 9.68. The van der Waals surface area contributed by atoms with Crippen LogP contribution in [0, 0.1) is 20.8 Å². The molecule has 0 aromatic heterocycles. The lowest BCUT2D eigenvalue weighted by Gasteiger charge is -2.15. The highest BCUT2D eigenvalue weighted by Crippen LogP contribution is 2.29. The number of ether oxygens (including phenoxy) is 1. The Morgan fingerprint density at radius 2 is 1.93 bits per heavy atom. The number of hydrogen-bond acceptors (Lipinski definition) is 3. The van der Waals surface area contributed by atoms with Crippen LogP contribution in [0.3, 0.4) is 0 Å². The molecular formula is C12H17NO2. The van der Waals surface area contributed by atoms with Gasteiger partial charge in [-0.05, 0) is 37.5 Å². The molecule has 1 rings (SSSR count). The molecule has 1 aromatic rings. The van der Waals surface area contributed by atoms with Crippen LogP contribution in [0.4, 0.5) is 0 Å². The molecule has 0 atom stereocenters. The Morgan fingerprint density at radius 1 is 1.33 bits per heavy atom. The number of Topliss-reactive ketones (excluding diaryl/α,β-unsaturated/α-hetero) is 1. The van der Waals surface area contributed by atoms with Gasteiger partial charge < -0.3 is 10.5 Å². The van der Waals surface area contributed by atoms with Gasteiger partial charge in [0.05, 0.1) is 19.2 Å². The average Bonchev–Trinajstić information content (AvgIpc) is 2.21. The van der Waals surface area contributed by atoms with Crippen molar-refractivity contribution in [3.8, 4) is 5.75 Å². The Balaban J connectivity index is 3.49. The van der Waals surface area contributed by atoms with Gasteiger partial charge in [0.15, 0.2) is 5.78 Å². The summed E-state index contributed by atoms with van der Waals surface area (Å²) in [5.74, 6) is 0.579. The van der Waals surface area contributed by atoms with E-state index in [-0.39, 0.29) is 12.3 Å². The summed E-state index contributed by atoms with van der Waals surface area (Å²) in [6.45, 7) is 5.86. The van der Waals surface area contributed by atoms with Crippen LogP contribution < -0.4 is 10.5 Å². The van der Waals surface area contributed by atoms with Crippen molar-refractivity contribution in [2.45, 2.75) is 20.8 Å². The fraction of sp³-hybridized carbons (Fsp3) is 0.417. The largest absolute Gasteiger partial charge is 0.496 e. The Morgan fingerprint density at radius 3 is 2.40 bits per heavy atom. The van der Waals surface area contributed by atoms with Crippen molar-refractivity contribution in [3.05, 3.63) is 28.3 Å². The number of carbonyl (C=O) groups excluding carboxylic acids is 1. The van der Waals surface area contributed by atoms with Crippen LogP contribution >= 0.6 is 0 Å². The van der Waals surface area contributed by atoms with Crippen molar-refractivity contribution >= 4 is 5.78 Å². The van der Waals surface area contributed by atoms with E-state index >= 15 is 0 Å². The number of rotatable bonds is 3. The van der Waals surface area contributed by atoms with E-state index in [1.54, 1.807) is 7.11 Å². The van der Waals surface area contributed by atoms with Crippen LogP contribution in [0.5, 0.6) is 5.75 Å². The molecule has 0 unspecified atom stereocenters. The standard InChI is InChI=1S/C12H17NO2/c1-7-5-8(2)11(10(14)6-13)12(15-4)9(7)3/h5H,6,13H2,1-4H3. The van der Waals surface area contributed by atoms with Crippen LogP contribution in [0.25, 0.3) is 0 Å². The summed E-state index contributed by atoms with van der Waals surface area (Å²) >= 11 is 0. The second kappa shape index (κ2) is 4.45. The zero-order chi connectivity index (χ0) is 11.6. The van der Waals surface area contributed by atoms with E-state index in [1.807, 2.05) is 26.8 Å². The van der Waals surface area contributed by atoms with Gasteiger partial charge in [0.25, 0.3) is 0 Å². The van der Waals surface area contributed by atoms with Gasteiger partial charge in [-0.3, -0.25) is 4.79 Å². The molecule has 3 nitrogen and oxygen atoms in total. The summed E-state index contributed by atoms with van der Waals surface area (Å²) in [5, 5.41) is 0. The first kappa shape index (κ1) is 11.7. The number of methoxy groups -OCH3 is 1. The first-order valence-corrected chi connectivity index (χ1v) is 4.91. The topological polar surface area (TPSA) is 52.3 Å². The number of benzene rings is 1. The van der Waals surface area contributed by atoms with Crippen LogP contribution in [0.15, 0.2) is 6.07 Å². The molecule has 0 aliphatic heterocycles. The monoisotopic (exact) mass is 207 g/mol. The van der Waals surface area contributed by atoms with Crippen molar-refractivity contribution in [3.63, 3.8) is 0 Å². The third kappa shape index (κ3) is 2.02. The lowest BCUT2D eigenvalue weighted by Crippen LogP contribution is -2.16. The fourth-order valence-corrected chi connectivity index (χ4v) is 1.75. The van der Waals surface area contributed by atoms with E-state index < -0.39 is 0 Å². The predicted octanol–water partition coefficient (Wildman–Crippen LogP) is 1.76. The molecule has 0 spiro atoms. The third-order valence-corrected chi connectivity index (χ3v) is 2.65. The summed E-state index contributed by atoms with van der Waals surface area (Å²) in [7, 11) is 1.58. The van der Waals surface area contributed by atoms with Gasteiger partial charge in [-0.2, -0.15) is 0 Å². The highest BCUT2D eigenvalue weighted by molar-refractivity contribution is 6.01. The molecule has 0 heterocycles. The summed E-state index contributed by atoms with van der Waals surface area (Å²) in [6.07, 6.45) is 0. The van der Waals surface area contributed by atoms with Gasteiger partial charge >= 0.3 is 0 Å². The molecule has 15 heavy (non-hydrogen) atoms. The first-order valence-electron chi connectivity index (χ1n) is 4.91. The van der Waals surface area contributed by atoms with Gasteiger partial charge in [0.2, 0.25) is 0 Å². The van der Waals surface area contributed by atoms with E-state index in [4.69, 9.17) is 10.5 Å². The molecule has 0 amide bonds. The Labute approximate surface area is 90.2 Å². The third-order valence-electron chi connectivity index (χ3n) is 2.65. The Hall–Kier alpha value is -1.35. The molecule has 0 radical (unpaired) electrons. The number of ketones is 1. The van der Waals surface area contributed by atoms with Crippen molar-refractivity contribution in [1.29, 1.82) is 0 Å². The van der Waals surface area contributed by atoms with Crippen molar-refractivity contribution in [2.75, 3.05) is 13.7 Å². The van der Waals surface area contributed by atoms with E-state index in [2.05, 4.69) is 0 Å². The minimum atomic E-state index is -0.0764. The molecule has 0 saturated heterocycles. The van der Waals surface area contributed by atoms with Crippen molar-refractivity contribution in [2.24, 2.45) is 5.73 Å². The van der Waals surface area contributed by atoms with Gasteiger partial charge in [0, 0.05) is 0 Å². The smallest absolute Gasteiger partial charge is 0.180 e. The normalized spacial score (nSPS) is 10.2. The van der Waals surface area contributed by atoms with Crippen LogP contribution in [-0.2, 0) is 0 Å². The maximum atomic E-state index is 11.7. The highest BCUT2D eigenvalue weighted by Gasteiger charge is 2.17. The van der Waals surface area contributed by atoms with Gasteiger partial charge in [-0.25, -0.2) is 0 Å². The number of nitrogens with two attached hydrogens (primary N) is 1. The number of carbonyl (C=O) groups is 1. The molecule has 1 aromatic carbocycles. The van der Waals surface area contributed by atoms with Crippen molar-refractivity contribution < 1.29 is 9.53 Å². The second-order valence-corrected chi connectivity index (χ2v) is 3.67. The Kier molecular flexibility index (Phi) is 3.48. The van der Waals surface area contributed by atoms with Gasteiger partial charge in [-0.15, -0.1) is 0 Å². The summed E-state index contributed by atoms with van der Waals surface area (Å²) in [4.78, 5) is 11.7. The van der Waals surface area contributed by atoms with Crippen LogP contribution in [0.1, 0.15) is 27.0 Å². The Bertz CT molecular complexity index is 397. The van der Waals surface area contributed by atoms with E-state index in [1.165, 1.54) is 0 Å². The average molecular weight is 207 g/mol. The molecule has 0 saturated carbocycles. The van der Waals surface area contributed by atoms with E-state index in [0.29, 0.717) is 11.3 Å². The summed E-state index contributed by atoms with van der Waals surface area (Å²) < 4.78 is 5.28. The fourth-order valence-electron chi connectivity index (χ4n) is 1.75. The van der Waals surface area contributed by atoms with Gasteiger partial charge in [-0.1, -0.05) is 6.07 Å². The summed E-state index contributed by atoms with van der Waals surface area (Å²) in [5.41, 5.74) is 9.04. The molecule has 0 aliphatic rings. The number of hydrogen-bond donors (Lipinski definition) is 1. The van der Waals surface area contributed by atoms with Gasteiger partial charge in [0.1, 0.15) is 5.75 Å². The molecular weight excluding hydrogens is 190 g/mol. The molecule has 0 bridgehead atoms. The maximum absolute atomic E-state index is 11.7. The lowest BCUT2D eigenvalue weighted by atomic mass is 9.96. The van der Waals surface area contributed by atoms with E-state index in [0.717, 1.165) is 16.7 Å². The molecule has 82 valence electrons.